The molecule has 1 nitrogen and oxygen atoms in total. The summed E-state index contributed by atoms with van der Waals surface area (Å²) in [6.07, 6.45) is 11.3. The molecule has 1 aliphatic rings. The van der Waals surface area contributed by atoms with Gasteiger partial charge in [0.25, 0.3) is 0 Å². The highest BCUT2D eigenvalue weighted by Crippen LogP contribution is 2.37. The maximum Gasteiger partial charge on any atom is 0.0178 e. The third-order valence-electron chi connectivity index (χ3n) is 4.75. The third kappa shape index (κ3) is 4.35. The van der Waals surface area contributed by atoms with E-state index in [0.29, 0.717) is 6.54 Å². The Hall–Kier alpha value is -0.820. The molecule has 1 saturated carbocycles. The summed E-state index contributed by atoms with van der Waals surface area (Å²) in [5.41, 5.74) is 8.43. The molecule has 0 spiro atoms. The molecule has 0 saturated heterocycles. The number of rotatable bonds is 6. The summed E-state index contributed by atoms with van der Waals surface area (Å²) in [6.45, 7) is 2.95. The first-order valence-electron chi connectivity index (χ1n) is 8.12. The topological polar surface area (TPSA) is 26.0 Å². The number of hydrogen-bond acceptors (Lipinski definition) is 1. The van der Waals surface area contributed by atoms with Crippen molar-refractivity contribution < 1.29 is 0 Å². The van der Waals surface area contributed by atoms with Gasteiger partial charge in [0.2, 0.25) is 0 Å². The molecular formula is C18H29N. The Morgan fingerprint density at radius 1 is 1.00 bits per heavy atom. The van der Waals surface area contributed by atoms with Gasteiger partial charge in [0, 0.05) is 6.54 Å². The minimum Gasteiger partial charge on any atom is -0.326 e. The summed E-state index contributed by atoms with van der Waals surface area (Å²) in [7, 11) is 0. The molecule has 0 unspecified atom stereocenters. The van der Waals surface area contributed by atoms with Gasteiger partial charge in [-0.3, -0.25) is 0 Å². The Labute approximate surface area is 118 Å². The van der Waals surface area contributed by atoms with Gasteiger partial charge in [0.05, 0.1) is 0 Å². The predicted molar refractivity (Wildman–Crippen MR) is 83.2 cm³/mol. The van der Waals surface area contributed by atoms with Crippen LogP contribution in [0, 0.1) is 5.92 Å². The van der Waals surface area contributed by atoms with E-state index in [2.05, 4.69) is 31.2 Å². The highest BCUT2D eigenvalue weighted by Gasteiger charge is 2.21. The molecule has 0 heterocycles. The lowest BCUT2D eigenvalue weighted by atomic mass is 9.77. The fourth-order valence-electron chi connectivity index (χ4n) is 3.39. The van der Waals surface area contributed by atoms with Gasteiger partial charge in [-0.2, -0.15) is 0 Å². The predicted octanol–water partition coefficient (Wildman–Crippen LogP) is 5.00. The molecule has 1 aromatic carbocycles. The standard InChI is InChI=1S/C18H29N/c1-2-3-4-5-15-6-10-17(11-7-15)18-12-8-16(14-19)9-13-18/h8-9,12-13,15,17H,2-7,10-11,14,19H2,1H3/t15-,17-. The quantitative estimate of drug-likeness (QED) is 0.715. The molecule has 1 aromatic rings. The summed E-state index contributed by atoms with van der Waals surface area (Å²) >= 11 is 0. The summed E-state index contributed by atoms with van der Waals surface area (Å²) < 4.78 is 0. The molecule has 1 aliphatic carbocycles. The Kier molecular flexibility index (Phi) is 5.91. The Balaban J connectivity index is 1.78. The molecule has 0 aliphatic heterocycles. The summed E-state index contributed by atoms with van der Waals surface area (Å²) in [4.78, 5) is 0. The minimum absolute atomic E-state index is 0.657. The van der Waals surface area contributed by atoms with Crippen LogP contribution < -0.4 is 5.73 Å². The van der Waals surface area contributed by atoms with Crippen molar-refractivity contribution in [2.75, 3.05) is 0 Å². The van der Waals surface area contributed by atoms with Crippen LogP contribution in [0.15, 0.2) is 24.3 Å². The smallest absolute Gasteiger partial charge is 0.0178 e. The highest BCUT2D eigenvalue weighted by molar-refractivity contribution is 5.25. The van der Waals surface area contributed by atoms with Crippen LogP contribution in [0.1, 0.15) is 75.3 Å². The zero-order chi connectivity index (χ0) is 13.5. The Bertz CT molecular complexity index is 346. The zero-order valence-electron chi connectivity index (χ0n) is 12.4. The SMILES string of the molecule is CCCCC[C@H]1CC[C@H](c2ccc(CN)cc2)CC1. The zero-order valence-corrected chi connectivity index (χ0v) is 12.4. The van der Waals surface area contributed by atoms with Crippen molar-refractivity contribution in [3.63, 3.8) is 0 Å². The molecule has 0 aromatic heterocycles. The van der Waals surface area contributed by atoms with Crippen molar-refractivity contribution in [3.8, 4) is 0 Å². The Morgan fingerprint density at radius 3 is 2.26 bits per heavy atom. The van der Waals surface area contributed by atoms with Crippen LogP contribution in [-0.2, 0) is 6.54 Å². The minimum atomic E-state index is 0.657. The first-order chi connectivity index (χ1) is 9.33. The van der Waals surface area contributed by atoms with Crippen molar-refractivity contribution in [2.24, 2.45) is 11.7 Å². The largest absolute Gasteiger partial charge is 0.326 e. The van der Waals surface area contributed by atoms with Gasteiger partial charge in [-0.1, -0.05) is 56.9 Å². The lowest BCUT2D eigenvalue weighted by Gasteiger charge is -2.29. The molecule has 19 heavy (non-hydrogen) atoms. The van der Waals surface area contributed by atoms with Gasteiger partial charge in [0.1, 0.15) is 0 Å². The average Bonchev–Trinajstić information content (AvgIpc) is 2.48. The van der Waals surface area contributed by atoms with Crippen LogP contribution in [0.3, 0.4) is 0 Å². The van der Waals surface area contributed by atoms with E-state index in [1.165, 1.54) is 62.5 Å². The maximum absolute atomic E-state index is 5.65. The molecule has 1 heteroatoms. The van der Waals surface area contributed by atoms with Crippen molar-refractivity contribution in [3.05, 3.63) is 35.4 Å². The monoisotopic (exact) mass is 259 g/mol. The van der Waals surface area contributed by atoms with E-state index >= 15 is 0 Å². The second-order valence-corrected chi connectivity index (χ2v) is 6.16. The number of nitrogens with two attached hydrogens (primary N) is 1. The van der Waals surface area contributed by atoms with Gasteiger partial charge in [-0.05, 0) is 48.6 Å². The van der Waals surface area contributed by atoms with Crippen molar-refractivity contribution >= 4 is 0 Å². The van der Waals surface area contributed by atoms with Crippen molar-refractivity contribution in [1.29, 1.82) is 0 Å². The van der Waals surface area contributed by atoms with Crippen molar-refractivity contribution in [2.45, 2.75) is 70.8 Å². The Morgan fingerprint density at radius 2 is 1.68 bits per heavy atom. The highest BCUT2D eigenvalue weighted by atomic mass is 14.5. The molecule has 2 rings (SSSR count). The van der Waals surface area contributed by atoms with Gasteiger partial charge < -0.3 is 5.73 Å². The van der Waals surface area contributed by atoms with Gasteiger partial charge in [-0.25, -0.2) is 0 Å². The lowest BCUT2D eigenvalue weighted by Crippen LogP contribution is -2.13. The number of unbranched alkanes of at least 4 members (excludes halogenated alkanes) is 2. The van der Waals surface area contributed by atoms with E-state index in [9.17, 15) is 0 Å². The fourth-order valence-corrected chi connectivity index (χ4v) is 3.39. The fraction of sp³-hybridized carbons (Fsp3) is 0.667. The van der Waals surface area contributed by atoms with Crippen LogP contribution >= 0.6 is 0 Å². The normalized spacial score (nSPS) is 23.5. The number of hydrogen-bond donors (Lipinski definition) is 1. The molecule has 2 N–H and O–H groups in total. The van der Waals surface area contributed by atoms with E-state index in [1.807, 2.05) is 0 Å². The van der Waals surface area contributed by atoms with Crippen LogP contribution in [0.25, 0.3) is 0 Å². The third-order valence-corrected chi connectivity index (χ3v) is 4.75. The molecule has 106 valence electrons. The van der Waals surface area contributed by atoms with Gasteiger partial charge in [-0.15, -0.1) is 0 Å². The summed E-state index contributed by atoms with van der Waals surface area (Å²) in [6, 6.07) is 8.99. The van der Waals surface area contributed by atoms with Gasteiger partial charge in [0.15, 0.2) is 0 Å². The average molecular weight is 259 g/mol. The summed E-state index contributed by atoms with van der Waals surface area (Å²) in [5, 5.41) is 0. The van der Waals surface area contributed by atoms with E-state index in [1.54, 1.807) is 0 Å². The maximum atomic E-state index is 5.65. The number of benzene rings is 1. The van der Waals surface area contributed by atoms with Crippen LogP contribution in [0.5, 0.6) is 0 Å². The van der Waals surface area contributed by atoms with Crippen LogP contribution in [0.2, 0.25) is 0 Å². The molecule has 0 amide bonds. The molecule has 0 atom stereocenters. The molecule has 0 radical (unpaired) electrons. The lowest BCUT2D eigenvalue weighted by molar-refractivity contribution is 0.303. The first-order valence-corrected chi connectivity index (χ1v) is 8.12. The second-order valence-electron chi connectivity index (χ2n) is 6.16. The van der Waals surface area contributed by atoms with Gasteiger partial charge >= 0.3 is 0 Å². The van der Waals surface area contributed by atoms with E-state index in [4.69, 9.17) is 5.73 Å². The van der Waals surface area contributed by atoms with E-state index in [-0.39, 0.29) is 0 Å². The van der Waals surface area contributed by atoms with Crippen molar-refractivity contribution in [1.82, 2.24) is 0 Å². The van der Waals surface area contributed by atoms with Crippen LogP contribution in [-0.4, -0.2) is 0 Å². The molecule has 1 fully saturated rings. The first kappa shape index (κ1) is 14.6. The van der Waals surface area contributed by atoms with E-state index in [0.717, 1.165) is 11.8 Å². The molecular weight excluding hydrogens is 230 g/mol. The summed E-state index contributed by atoms with van der Waals surface area (Å²) in [5.74, 6) is 1.81. The molecule has 0 bridgehead atoms. The van der Waals surface area contributed by atoms with E-state index < -0.39 is 0 Å². The van der Waals surface area contributed by atoms with Crippen LogP contribution in [0.4, 0.5) is 0 Å². The second kappa shape index (κ2) is 7.69.